The SMILES string of the molecule is Cl.Cl.O=C(O)C1CCN(C(=O)c2ccc(Oc3ccncc3)c(Cl)c2)C1. The number of aromatic nitrogens is 1. The van der Waals surface area contributed by atoms with Gasteiger partial charge in [-0.1, -0.05) is 11.6 Å². The average Bonchev–Trinajstić information content (AvgIpc) is 3.07. The van der Waals surface area contributed by atoms with Gasteiger partial charge in [-0.15, -0.1) is 24.8 Å². The molecule has 0 bridgehead atoms. The molecule has 9 heteroatoms. The van der Waals surface area contributed by atoms with E-state index in [9.17, 15) is 9.59 Å². The number of carboxylic acid groups (broad SMARTS) is 1. The highest BCUT2D eigenvalue weighted by Gasteiger charge is 2.31. The van der Waals surface area contributed by atoms with E-state index in [-0.39, 0.29) is 37.3 Å². The Balaban J connectivity index is 0.00000169. The molecular formula is C17H17Cl3N2O4. The summed E-state index contributed by atoms with van der Waals surface area (Å²) >= 11 is 6.20. The molecular weight excluding hydrogens is 403 g/mol. The fourth-order valence-corrected chi connectivity index (χ4v) is 2.80. The number of amides is 1. The standard InChI is InChI=1S/C17H15ClN2O4.2ClH/c18-14-9-11(16(21)20-8-5-12(10-20)17(22)23)1-2-15(14)24-13-3-6-19-7-4-13;;/h1-4,6-7,9,12H,5,8,10H2,(H,22,23);2*1H. The molecule has 0 saturated carbocycles. The van der Waals surface area contributed by atoms with Crippen LogP contribution in [0.5, 0.6) is 11.5 Å². The number of halogens is 3. The summed E-state index contributed by atoms with van der Waals surface area (Å²) in [6.07, 6.45) is 3.68. The summed E-state index contributed by atoms with van der Waals surface area (Å²) in [5.41, 5.74) is 0.410. The van der Waals surface area contributed by atoms with Gasteiger partial charge in [0.05, 0.1) is 10.9 Å². The third-order valence-electron chi connectivity index (χ3n) is 3.88. The molecule has 0 spiro atoms. The predicted octanol–water partition coefficient (Wildman–Crippen LogP) is 3.92. The topological polar surface area (TPSA) is 79.7 Å². The third-order valence-corrected chi connectivity index (χ3v) is 4.18. The average molecular weight is 420 g/mol. The fraction of sp³-hybridized carbons (Fsp3) is 0.235. The molecule has 0 aliphatic carbocycles. The predicted molar refractivity (Wildman–Crippen MR) is 102 cm³/mol. The summed E-state index contributed by atoms with van der Waals surface area (Å²) in [6, 6.07) is 8.19. The number of ether oxygens (including phenoxy) is 1. The molecule has 2 aromatic rings. The Bertz CT molecular complexity index is 774. The van der Waals surface area contributed by atoms with Crippen LogP contribution in [0.1, 0.15) is 16.8 Å². The Morgan fingerprint density at radius 1 is 1.19 bits per heavy atom. The number of likely N-dealkylation sites (tertiary alicyclic amines) is 1. The molecule has 2 heterocycles. The second kappa shape index (κ2) is 9.62. The van der Waals surface area contributed by atoms with Crippen LogP contribution in [0.25, 0.3) is 0 Å². The molecule has 1 atom stereocenters. The lowest BCUT2D eigenvalue weighted by molar-refractivity contribution is -0.141. The van der Waals surface area contributed by atoms with Gasteiger partial charge in [-0.05, 0) is 36.8 Å². The zero-order chi connectivity index (χ0) is 17.1. The van der Waals surface area contributed by atoms with E-state index in [0.717, 1.165) is 0 Å². The van der Waals surface area contributed by atoms with Crippen molar-refractivity contribution in [2.75, 3.05) is 13.1 Å². The largest absolute Gasteiger partial charge is 0.481 e. The monoisotopic (exact) mass is 418 g/mol. The van der Waals surface area contributed by atoms with Crippen LogP contribution in [0.15, 0.2) is 42.7 Å². The van der Waals surface area contributed by atoms with Crippen LogP contribution in [0.4, 0.5) is 0 Å². The van der Waals surface area contributed by atoms with Gasteiger partial charge < -0.3 is 14.7 Å². The van der Waals surface area contributed by atoms with E-state index in [1.165, 1.54) is 11.0 Å². The summed E-state index contributed by atoms with van der Waals surface area (Å²) in [5.74, 6) is -0.571. The maximum absolute atomic E-state index is 12.5. The second-order valence-corrected chi connectivity index (χ2v) is 5.91. The smallest absolute Gasteiger partial charge is 0.308 e. The van der Waals surface area contributed by atoms with Crippen molar-refractivity contribution in [3.8, 4) is 11.5 Å². The second-order valence-electron chi connectivity index (χ2n) is 5.51. The van der Waals surface area contributed by atoms with Crippen molar-refractivity contribution >= 4 is 48.3 Å². The molecule has 1 aromatic heterocycles. The first-order valence-electron chi connectivity index (χ1n) is 7.44. The number of aliphatic carboxylic acids is 1. The number of pyridine rings is 1. The van der Waals surface area contributed by atoms with Crippen LogP contribution in [0.3, 0.4) is 0 Å². The van der Waals surface area contributed by atoms with E-state index < -0.39 is 11.9 Å². The zero-order valence-corrected chi connectivity index (χ0v) is 15.9. The van der Waals surface area contributed by atoms with Gasteiger partial charge in [0, 0.05) is 31.0 Å². The van der Waals surface area contributed by atoms with Gasteiger partial charge in [0.25, 0.3) is 5.91 Å². The van der Waals surface area contributed by atoms with Gasteiger partial charge in [-0.25, -0.2) is 0 Å². The molecule has 1 aliphatic rings. The number of carboxylic acids is 1. The Kier molecular flexibility index (Phi) is 8.14. The van der Waals surface area contributed by atoms with E-state index in [0.29, 0.717) is 35.1 Å². The number of rotatable bonds is 4. The van der Waals surface area contributed by atoms with Crippen molar-refractivity contribution in [3.63, 3.8) is 0 Å². The Hall–Kier alpha value is -2.02. The Morgan fingerprint density at radius 2 is 1.88 bits per heavy atom. The summed E-state index contributed by atoms with van der Waals surface area (Å²) in [7, 11) is 0. The van der Waals surface area contributed by atoms with Crippen LogP contribution < -0.4 is 4.74 Å². The Morgan fingerprint density at radius 3 is 2.46 bits per heavy atom. The number of nitrogens with zero attached hydrogens (tertiary/aromatic N) is 2. The highest BCUT2D eigenvalue weighted by molar-refractivity contribution is 6.32. The summed E-state index contributed by atoms with van der Waals surface area (Å²) in [4.78, 5) is 28.9. The zero-order valence-electron chi connectivity index (χ0n) is 13.5. The maximum Gasteiger partial charge on any atom is 0.308 e. The number of carbonyl (C=O) groups is 2. The molecule has 140 valence electrons. The first kappa shape index (κ1) is 22.0. The molecule has 1 aromatic carbocycles. The summed E-state index contributed by atoms with van der Waals surface area (Å²) in [6.45, 7) is 0.656. The third kappa shape index (κ3) is 5.00. The van der Waals surface area contributed by atoms with Crippen molar-refractivity contribution in [2.24, 2.45) is 5.92 Å². The minimum absolute atomic E-state index is 0. The number of carbonyl (C=O) groups excluding carboxylic acids is 1. The van der Waals surface area contributed by atoms with Gasteiger partial charge in [0.2, 0.25) is 0 Å². The van der Waals surface area contributed by atoms with Crippen LogP contribution in [-0.4, -0.2) is 40.0 Å². The molecule has 26 heavy (non-hydrogen) atoms. The van der Waals surface area contributed by atoms with Gasteiger partial charge in [0.1, 0.15) is 11.5 Å². The lowest BCUT2D eigenvalue weighted by atomic mass is 10.1. The van der Waals surface area contributed by atoms with Crippen LogP contribution in [-0.2, 0) is 4.79 Å². The lowest BCUT2D eigenvalue weighted by Crippen LogP contribution is -2.29. The highest BCUT2D eigenvalue weighted by atomic mass is 35.5. The van der Waals surface area contributed by atoms with Crippen molar-refractivity contribution in [3.05, 3.63) is 53.3 Å². The quantitative estimate of drug-likeness (QED) is 0.812. The molecule has 1 fully saturated rings. The number of hydrogen-bond acceptors (Lipinski definition) is 4. The summed E-state index contributed by atoms with van der Waals surface area (Å²) in [5, 5.41) is 9.34. The highest BCUT2D eigenvalue weighted by Crippen LogP contribution is 2.30. The fourth-order valence-electron chi connectivity index (χ4n) is 2.58. The lowest BCUT2D eigenvalue weighted by Gasteiger charge is -2.16. The Labute approximate surface area is 167 Å². The maximum atomic E-state index is 12.5. The molecule has 1 saturated heterocycles. The molecule has 6 nitrogen and oxygen atoms in total. The number of benzene rings is 1. The molecule has 1 unspecified atom stereocenters. The number of hydrogen-bond donors (Lipinski definition) is 1. The van der Waals surface area contributed by atoms with Crippen LogP contribution >= 0.6 is 36.4 Å². The molecule has 1 amide bonds. The van der Waals surface area contributed by atoms with Crippen LogP contribution in [0, 0.1) is 5.92 Å². The van der Waals surface area contributed by atoms with E-state index in [1.54, 1.807) is 36.7 Å². The minimum Gasteiger partial charge on any atom is -0.481 e. The van der Waals surface area contributed by atoms with E-state index in [2.05, 4.69) is 4.98 Å². The van der Waals surface area contributed by atoms with E-state index in [4.69, 9.17) is 21.4 Å². The van der Waals surface area contributed by atoms with Crippen molar-refractivity contribution in [1.82, 2.24) is 9.88 Å². The van der Waals surface area contributed by atoms with Crippen molar-refractivity contribution in [2.45, 2.75) is 6.42 Å². The molecule has 1 N–H and O–H groups in total. The molecule has 1 aliphatic heterocycles. The summed E-state index contributed by atoms with van der Waals surface area (Å²) < 4.78 is 5.64. The first-order valence-corrected chi connectivity index (χ1v) is 7.82. The molecule has 3 rings (SSSR count). The van der Waals surface area contributed by atoms with Crippen LogP contribution in [0.2, 0.25) is 5.02 Å². The van der Waals surface area contributed by atoms with E-state index >= 15 is 0 Å². The first-order chi connectivity index (χ1) is 11.5. The normalized spacial score (nSPS) is 15.6. The van der Waals surface area contributed by atoms with Gasteiger partial charge >= 0.3 is 5.97 Å². The van der Waals surface area contributed by atoms with E-state index in [1.807, 2.05) is 0 Å². The van der Waals surface area contributed by atoms with Gasteiger partial charge in [0.15, 0.2) is 0 Å². The van der Waals surface area contributed by atoms with Gasteiger partial charge in [-0.2, -0.15) is 0 Å². The van der Waals surface area contributed by atoms with Gasteiger partial charge in [-0.3, -0.25) is 14.6 Å². The van der Waals surface area contributed by atoms with Crippen molar-refractivity contribution < 1.29 is 19.4 Å². The minimum atomic E-state index is -0.871. The molecule has 0 radical (unpaired) electrons. The van der Waals surface area contributed by atoms with Crippen molar-refractivity contribution in [1.29, 1.82) is 0 Å².